The smallest absolute Gasteiger partial charge is 0.243 e. The van der Waals surface area contributed by atoms with Gasteiger partial charge in [0.25, 0.3) is 0 Å². The quantitative estimate of drug-likeness (QED) is 0.855. The van der Waals surface area contributed by atoms with Crippen molar-refractivity contribution < 1.29 is 8.42 Å². The van der Waals surface area contributed by atoms with Crippen LogP contribution in [0.5, 0.6) is 0 Å². The zero-order chi connectivity index (χ0) is 17.0. The maximum absolute atomic E-state index is 12.4. The fraction of sp³-hybridized carbons (Fsp3) is 0.294. The molecule has 1 N–H and O–H groups in total. The van der Waals surface area contributed by atoms with Crippen LogP contribution < -0.4 is 5.32 Å². The van der Waals surface area contributed by atoms with Gasteiger partial charge in [0.05, 0.1) is 4.90 Å². The van der Waals surface area contributed by atoms with Crippen LogP contribution in [0.1, 0.15) is 19.4 Å². The molecule has 124 valence electrons. The summed E-state index contributed by atoms with van der Waals surface area (Å²) in [6.07, 6.45) is 0. The molecule has 2 rings (SSSR count). The van der Waals surface area contributed by atoms with Crippen molar-refractivity contribution in [2.45, 2.75) is 31.3 Å². The molecule has 0 radical (unpaired) electrons. The first-order valence-electron chi connectivity index (χ1n) is 7.37. The Kier molecular flexibility index (Phi) is 5.68. The monoisotopic (exact) mass is 352 g/mol. The number of anilines is 1. The lowest BCUT2D eigenvalue weighted by molar-refractivity contribution is 0.410. The third-order valence-corrected chi connectivity index (χ3v) is 5.97. The fourth-order valence-electron chi connectivity index (χ4n) is 1.99. The second-order valence-electron chi connectivity index (χ2n) is 5.62. The fourth-order valence-corrected chi connectivity index (χ4v) is 3.49. The van der Waals surface area contributed by atoms with Crippen LogP contribution in [0, 0.1) is 0 Å². The Hall–Kier alpha value is -1.56. The summed E-state index contributed by atoms with van der Waals surface area (Å²) < 4.78 is 26.1. The van der Waals surface area contributed by atoms with Gasteiger partial charge >= 0.3 is 0 Å². The molecule has 0 aliphatic heterocycles. The summed E-state index contributed by atoms with van der Waals surface area (Å²) in [6.45, 7) is 4.34. The van der Waals surface area contributed by atoms with Gasteiger partial charge in [-0.3, -0.25) is 0 Å². The Morgan fingerprint density at radius 1 is 1.04 bits per heavy atom. The predicted octanol–water partition coefficient (Wildman–Crippen LogP) is 3.98. The van der Waals surface area contributed by atoms with Crippen LogP contribution in [0.25, 0.3) is 0 Å². The number of nitrogens with zero attached hydrogens (tertiary/aromatic N) is 1. The minimum atomic E-state index is -3.44. The first-order valence-corrected chi connectivity index (χ1v) is 9.19. The normalized spacial score (nSPS) is 11.9. The van der Waals surface area contributed by atoms with Gasteiger partial charge in [-0.15, -0.1) is 0 Å². The van der Waals surface area contributed by atoms with Gasteiger partial charge in [0.15, 0.2) is 0 Å². The van der Waals surface area contributed by atoms with E-state index in [-0.39, 0.29) is 6.04 Å². The Bertz CT molecular complexity index is 741. The Labute approximate surface area is 143 Å². The molecular formula is C17H21ClN2O2S. The summed E-state index contributed by atoms with van der Waals surface area (Å²) in [6, 6.07) is 14.3. The van der Waals surface area contributed by atoms with Crippen LogP contribution in [0.4, 0.5) is 5.69 Å². The van der Waals surface area contributed by atoms with E-state index in [0.717, 1.165) is 11.3 Å². The molecule has 23 heavy (non-hydrogen) atoms. The maximum atomic E-state index is 12.4. The highest BCUT2D eigenvalue weighted by Crippen LogP contribution is 2.19. The molecule has 0 aliphatic rings. The molecule has 0 fully saturated rings. The third kappa shape index (κ3) is 4.47. The number of nitrogens with one attached hydrogen (secondary N) is 1. The second kappa shape index (κ2) is 7.34. The first-order chi connectivity index (χ1) is 10.8. The molecular weight excluding hydrogens is 332 g/mol. The van der Waals surface area contributed by atoms with Crippen molar-refractivity contribution in [1.29, 1.82) is 0 Å². The molecule has 0 unspecified atom stereocenters. The predicted molar refractivity (Wildman–Crippen MR) is 95.3 cm³/mol. The molecule has 0 saturated carbocycles. The average Bonchev–Trinajstić information content (AvgIpc) is 2.54. The molecule has 4 nitrogen and oxygen atoms in total. The highest BCUT2D eigenvalue weighted by Gasteiger charge is 2.22. The highest BCUT2D eigenvalue weighted by molar-refractivity contribution is 7.89. The van der Waals surface area contributed by atoms with E-state index in [1.807, 2.05) is 38.1 Å². The van der Waals surface area contributed by atoms with Gasteiger partial charge in [-0.1, -0.05) is 23.7 Å². The third-order valence-electron chi connectivity index (χ3n) is 3.67. The van der Waals surface area contributed by atoms with Gasteiger partial charge in [-0.25, -0.2) is 8.42 Å². The van der Waals surface area contributed by atoms with Crippen LogP contribution in [0.15, 0.2) is 53.4 Å². The highest BCUT2D eigenvalue weighted by atomic mass is 35.5. The van der Waals surface area contributed by atoms with E-state index in [2.05, 4.69) is 5.32 Å². The van der Waals surface area contributed by atoms with Crippen molar-refractivity contribution in [3.63, 3.8) is 0 Å². The molecule has 2 aromatic carbocycles. The van der Waals surface area contributed by atoms with Crippen LogP contribution in [-0.2, 0) is 16.6 Å². The molecule has 0 saturated heterocycles. The molecule has 0 aliphatic carbocycles. The molecule has 0 amide bonds. The van der Waals surface area contributed by atoms with E-state index in [9.17, 15) is 8.42 Å². The summed E-state index contributed by atoms with van der Waals surface area (Å²) >= 11 is 5.86. The number of rotatable bonds is 6. The van der Waals surface area contributed by atoms with E-state index < -0.39 is 10.0 Å². The number of halogens is 1. The minimum absolute atomic E-state index is 0.0808. The Morgan fingerprint density at radius 2 is 1.61 bits per heavy atom. The number of sulfonamides is 1. The average molecular weight is 353 g/mol. The van der Waals surface area contributed by atoms with Crippen molar-refractivity contribution in [3.05, 3.63) is 59.1 Å². The molecule has 6 heteroatoms. The molecule has 0 aromatic heterocycles. The molecule has 0 bridgehead atoms. The standard InChI is InChI=1S/C17H21ClN2O2S/c1-13(2)20(3)23(21,22)17-10-8-16(9-11-17)19-12-14-4-6-15(18)7-5-14/h4-11,13,19H,12H2,1-3H3. The van der Waals surface area contributed by atoms with Gasteiger partial charge in [0.2, 0.25) is 10.0 Å². The molecule has 0 spiro atoms. The van der Waals surface area contributed by atoms with Gasteiger partial charge in [-0.2, -0.15) is 4.31 Å². The first kappa shape index (κ1) is 17.8. The van der Waals surface area contributed by atoms with Crippen LogP contribution in [0.2, 0.25) is 5.02 Å². The Balaban J connectivity index is 2.06. The summed E-state index contributed by atoms with van der Waals surface area (Å²) in [7, 11) is -1.85. The lowest BCUT2D eigenvalue weighted by atomic mass is 10.2. The lowest BCUT2D eigenvalue weighted by Gasteiger charge is -2.21. The summed E-state index contributed by atoms with van der Waals surface area (Å²) in [4.78, 5) is 0.297. The van der Waals surface area contributed by atoms with Crippen molar-refractivity contribution in [3.8, 4) is 0 Å². The maximum Gasteiger partial charge on any atom is 0.243 e. The van der Waals surface area contributed by atoms with Crippen molar-refractivity contribution in [2.75, 3.05) is 12.4 Å². The summed E-state index contributed by atoms with van der Waals surface area (Å²) in [5.74, 6) is 0. The zero-order valence-electron chi connectivity index (χ0n) is 13.5. The van der Waals surface area contributed by atoms with E-state index in [4.69, 9.17) is 11.6 Å². The minimum Gasteiger partial charge on any atom is -0.381 e. The Morgan fingerprint density at radius 3 is 2.13 bits per heavy atom. The summed E-state index contributed by atoms with van der Waals surface area (Å²) in [5, 5.41) is 3.97. The van der Waals surface area contributed by atoms with Crippen molar-refractivity contribution >= 4 is 27.3 Å². The van der Waals surface area contributed by atoms with Crippen molar-refractivity contribution in [1.82, 2.24) is 4.31 Å². The number of hydrogen-bond acceptors (Lipinski definition) is 3. The second-order valence-corrected chi connectivity index (χ2v) is 8.05. The largest absolute Gasteiger partial charge is 0.381 e. The van der Waals surface area contributed by atoms with E-state index in [0.29, 0.717) is 16.5 Å². The molecule has 0 atom stereocenters. The molecule has 0 heterocycles. The van der Waals surface area contributed by atoms with Gasteiger partial charge < -0.3 is 5.32 Å². The van der Waals surface area contributed by atoms with E-state index in [1.54, 1.807) is 31.3 Å². The number of benzene rings is 2. The topological polar surface area (TPSA) is 49.4 Å². The zero-order valence-corrected chi connectivity index (χ0v) is 15.0. The van der Waals surface area contributed by atoms with Crippen molar-refractivity contribution in [2.24, 2.45) is 0 Å². The van der Waals surface area contributed by atoms with Crippen LogP contribution in [-0.4, -0.2) is 25.8 Å². The van der Waals surface area contributed by atoms with Crippen LogP contribution in [0.3, 0.4) is 0 Å². The summed E-state index contributed by atoms with van der Waals surface area (Å²) in [5.41, 5.74) is 1.97. The SMILES string of the molecule is CC(C)N(C)S(=O)(=O)c1ccc(NCc2ccc(Cl)cc2)cc1. The molecule has 2 aromatic rings. The van der Waals surface area contributed by atoms with Gasteiger partial charge in [0, 0.05) is 30.3 Å². The van der Waals surface area contributed by atoms with Gasteiger partial charge in [-0.05, 0) is 55.8 Å². The van der Waals surface area contributed by atoms with E-state index >= 15 is 0 Å². The lowest BCUT2D eigenvalue weighted by Crippen LogP contribution is -2.33. The van der Waals surface area contributed by atoms with Crippen LogP contribution >= 0.6 is 11.6 Å². The number of hydrogen-bond donors (Lipinski definition) is 1. The van der Waals surface area contributed by atoms with Gasteiger partial charge in [0.1, 0.15) is 0 Å². The van der Waals surface area contributed by atoms with E-state index in [1.165, 1.54) is 4.31 Å².